The first kappa shape index (κ1) is 26.6. The summed E-state index contributed by atoms with van der Waals surface area (Å²) in [5.74, 6) is 1.23. The van der Waals surface area contributed by atoms with E-state index in [0.717, 1.165) is 59.2 Å². The third kappa shape index (κ3) is 6.54. The minimum atomic E-state index is 0.0828. The first-order chi connectivity index (χ1) is 18.7. The molecule has 38 heavy (non-hydrogen) atoms. The van der Waals surface area contributed by atoms with Crippen LogP contribution in [0.25, 0.3) is 10.9 Å². The van der Waals surface area contributed by atoms with Crippen LogP contribution in [0.2, 0.25) is 0 Å². The Morgan fingerprint density at radius 3 is 2.47 bits per heavy atom. The van der Waals surface area contributed by atoms with Crippen LogP contribution in [-0.4, -0.2) is 48.2 Å². The highest BCUT2D eigenvalue weighted by Crippen LogP contribution is 2.32. The Bertz CT molecular complexity index is 1190. The molecule has 6 heteroatoms. The summed E-state index contributed by atoms with van der Waals surface area (Å²) in [6.07, 6.45) is 7.53. The van der Waals surface area contributed by atoms with Gasteiger partial charge in [0.15, 0.2) is 0 Å². The van der Waals surface area contributed by atoms with Crippen molar-refractivity contribution >= 4 is 16.8 Å². The quantitative estimate of drug-likeness (QED) is 0.299. The number of carbonyl (C=O) groups excluding carboxylic acids is 1. The van der Waals surface area contributed by atoms with Crippen LogP contribution in [0.5, 0.6) is 5.75 Å². The van der Waals surface area contributed by atoms with Crippen LogP contribution in [0.4, 0.5) is 0 Å². The Labute approximate surface area is 226 Å². The molecule has 3 aromatic rings. The summed E-state index contributed by atoms with van der Waals surface area (Å²) in [6, 6.07) is 18.6. The van der Waals surface area contributed by atoms with Gasteiger partial charge >= 0.3 is 0 Å². The van der Waals surface area contributed by atoms with Gasteiger partial charge in [-0.2, -0.15) is 0 Å². The Hall–Kier alpha value is -2.96. The molecular formula is C32H40N2O4. The number of fused-ring (bicyclic) bond motifs is 1. The maximum absolute atomic E-state index is 13.5. The number of pyridine rings is 1. The molecule has 2 aliphatic rings. The van der Waals surface area contributed by atoms with E-state index < -0.39 is 0 Å². The van der Waals surface area contributed by atoms with Gasteiger partial charge in [0.2, 0.25) is 5.91 Å². The second kappa shape index (κ2) is 13.2. The number of hydrogen-bond donors (Lipinski definition) is 0. The average Bonchev–Trinajstić information content (AvgIpc) is 2.98. The van der Waals surface area contributed by atoms with Gasteiger partial charge in [-0.05, 0) is 50.3 Å². The highest BCUT2D eigenvalue weighted by Gasteiger charge is 2.31. The summed E-state index contributed by atoms with van der Waals surface area (Å²) < 4.78 is 18.0. The van der Waals surface area contributed by atoms with E-state index in [9.17, 15) is 4.79 Å². The van der Waals surface area contributed by atoms with Gasteiger partial charge in [0.05, 0.1) is 24.4 Å². The van der Waals surface area contributed by atoms with Gasteiger partial charge in [-0.3, -0.25) is 4.79 Å². The molecule has 0 N–H and O–H groups in total. The lowest BCUT2D eigenvalue weighted by Gasteiger charge is -2.37. The SMILES string of the molecule is Cc1c(COCCN(C(=O)C2CCOCC2)C2CCCCC2)nc2ccccc2c1OCc1ccccc1. The normalized spacial score (nSPS) is 17.0. The molecule has 0 unspecified atom stereocenters. The summed E-state index contributed by atoms with van der Waals surface area (Å²) in [7, 11) is 0. The fourth-order valence-electron chi connectivity index (χ4n) is 5.76. The van der Waals surface area contributed by atoms with Crippen LogP contribution in [0.1, 0.15) is 61.8 Å². The minimum absolute atomic E-state index is 0.0828. The number of benzene rings is 2. The molecule has 1 aliphatic carbocycles. The van der Waals surface area contributed by atoms with Crippen LogP contribution in [-0.2, 0) is 27.5 Å². The molecule has 1 saturated carbocycles. The van der Waals surface area contributed by atoms with Crippen molar-refractivity contribution in [3.63, 3.8) is 0 Å². The number of amides is 1. The number of para-hydroxylation sites is 1. The molecule has 1 aliphatic heterocycles. The van der Waals surface area contributed by atoms with Crippen LogP contribution in [0, 0.1) is 12.8 Å². The molecule has 202 valence electrons. The maximum atomic E-state index is 13.5. The van der Waals surface area contributed by atoms with Gasteiger partial charge in [-0.25, -0.2) is 4.98 Å². The van der Waals surface area contributed by atoms with Crippen LogP contribution < -0.4 is 4.74 Å². The number of nitrogens with zero attached hydrogens (tertiary/aromatic N) is 2. The minimum Gasteiger partial charge on any atom is -0.488 e. The number of hydrogen-bond acceptors (Lipinski definition) is 5. The lowest BCUT2D eigenvalue weighted by Crippen LogP contribution is -2.47. The first-order valence-electron chi connectivity index (χ1n) is 14.2. The molecular weight excluding hydrogens is 476 g/mol. The lowest BCUT2D eigenvalue weighted by molar-refractivity contribution is -0.142. The third-order valence-corrected chi connectivity index (χ3v) is 7.99. The predicted octanol–water partition coefficient (Wildman–Crippen LogP) is 6.23. The monoisotopic (exact) mass is 516 g/mol. The van der Waals surface area contributed by atoms with Crippen molar-refractivity contribution in [1.82, 2.24) is 9.88 Å². The van der Waals surface area contributed by atoms with E-state index in [2.05, 4.69) is 30.0 Å². The Morgan fingerprint density at radius 2 is 1.68 bits per heavy atom. The summed E-state index contributed by atoms with van der Waals surface area (Å²) in [6.45, 7) is 5.45. The van der Waals surface area contributed by atoms with Gasteiger partial charge in [0.1, 0.15) is 12.4 Å². The molecule has 6 nitrogen and oxygen atoms in total. The smallest absolute Gasteiger partial charge is 0.226 e. The largest absolute Gasteiger partial charge is 0.488 e. The maximum Gasteiger partial charge on any atom is 0.226 e. The zero-order valence-electron chi connectivity index (χ0n) is 22.6. The van der Waals surface area contributed by atoms with Crippen LogP contribution in [0.3, 0.4) is 0 Å². The van der Waals surface area contributed by atoms with Gasteiger partial charge in [0.25, 0.3) is 0 Å². The Kier molecular flexibility index (Phi) is 9.26. The van der Waals surface area contributed by atoms with Crippen molar-refractivity contribution < 1.29 is 19.0 Å². The van der Waals surface area contributed by atoms with Crippen molar-refractivity contribution in [2.75, 3.05) is 26.4 Å². The average molecular weight is 517 g/mol. The van der Waals surface area contributed by atoms with Crippen molar-refractivity contribution in [2.24, 2.45) is 5.92 Å². The summed E-state index contributed by atoms with van der Waals surface area (Å²) >= 11 is 0. The van der Waals surface area contributed by atoms with Gasteiger partial charge in [-0.1, -0.05) is 61.7 Å². The van der Waals surface area contributed by atoms with Crippen LogP contribution in [0.15, 0.2) is 54.6 Å². The summed E-state index contributed by atoms with van der Waals surface area (Å²) in [4.78, 5) is 20.5. The number of rotatable bonds is 10. The van der Waals surface area contributed by atoms with E-state index in [1.165, 1.54) is 19.3 Å². The molecule has 0 spiro atoms. The molecule has 2 aromatic carbocycles. The van der Waals surface area contributed by atoms with Gasteiger partial charge in [-0.15, -0.1) is 0 Å². The van der Waals surface area contributed by atoms with Crippen molar-refractivity contribution in [1.29, 1.82) is 0 Å². The zero-order valence-corrected chi connectivity index (χ0v) is 22.6. The number of aromatic nitrogens is 1. The topological polar surface area (TPSA) is 60.9 Å². The first-order valence-corrected chi connectivity index (χ1v) is 14.2. The molecule has 1 aromatic heterocycles. The Morgan fingerprint density at radius 1 is 0.947 bits per heavy atom. The molecule has 2 heterocycles. The zero-order chi connectivity index (χ0) is 26.2. The highest BCUT2D eigenvalue weighted by molar-refractivity contribution is 5.86. The third-order valence-electron chi connectivity index (χ3n) is 7.99. The van der Waals surface area contributed by atoms with Gasteiger partial charge in [0, 0.05) is 42.7 Å². The van der Waals surface area contributed by atoms with E-state index in [4.69, 9.17) is 19.2 Å². The Balaban J connectivity index is 1.26. The lowest BCUT2D eigenvalue weighted by atomic mass is 9.91. The van der Waals surface area contributed by atoms with Crippen molar-refractivity contribution in [3.8, 4) is 5.75 Å². The second-order valence-corrected chi connectivity index (χ2v) is 10.6. The van der Waals surface area contributed by atoms with E-state index >= 15 is 0 Å². The second-order valence-electron chi connectivity index (χ2n) is 10.6. The number of ether oxygens (including phenoxy) is 3. The van der Waals surface area contributed by atoms with Crippen molar-refractivity contribution in [2.45, 2.75) is 71.1 Å². The standard InChI is InChI=1S/C32H40N2O4/c1-24-30(33-29-15-9-8-14-28(29)31(24)38-22-25-10-4-2-5-11-25)23-37-21-18-34(27-12-6-3-7-13-27)32(35)26-16-19-36-20-17-26/h2,4-5,8-11,14-15,26-27H,3,6-7,12-13,16-23H2,1H3. The molecule has 2 fully saturated rings. The molecule has 5 rings (SSSR count). The fourth-order valence-corrected chi connectivity index (χ4v) is 5.76. The summed E-state index contributed by atoms with van der Waals surface area (Å²) in [5, 5.41) is 1.01. The van der Waals surface area contributed by atoms with Crippen molar-refractivity contribution in [3.05, 3.63) is 71.4 Å². The summed E-state index contributed by atoms with van der Waals surface area (Å²) in [5.41, 5.74) is 3.91. The van der Waals surface area contributed by atoms with Gasteiger partial charge < -0.3 is 19.1 Å². The molecule has 0 radical (unpaired) electrons. The van der Waals surface area contributed by atoms with E-state index in [0.29, 0.717) is 51.5 Å². The highest BCUT2D eigenvalue weighted by atomic mass is 16.5. The van der Waals surface area contributed by atoms with E-state index in [1.54, 1.807) is 0 Å². The number of carbonyl (C=O) groups is 1. The fraction of sp³-hybridized carbons (Fsp3) is 0.500. The molecule has 1 amide bonds. The molecule has 0 bridgehead atoms. The van der Waals surface area contributed by atoms with E-state index in [1.807, 2.05) is 36.4 Å². The molecule has 0 atom stereocenters. The van der Waals surface area contributed by atoms with E-state index in [-0.39, 0.29) is 5.92 Å². The molecule has 1 saturated heterocycles. The predicted molar refractivity (Wildman–Crippen MR) is 149 cm³/mol. The van der Waals surface area contributed by atoms with Crippen LogP contribution >= 0.6 is 0 Å².